The van der Waals surface area contributed by atoms with E-state index in [1.54, 1.807) is 19.9 Å². The highest BCUT2D eigenvalue weighted by Gasteiger charge is 2.38. The molecule has 0 amide bonds. The van der Waals surface area contributed by atoms with Crippen molar-refractivity contribution in [3.05, 3.63) is 46.6 Å². The molecule has 4 N–H and O–H groups in total. The van der Waals surface area contributed by atoms with Gasteiger partial charge in [-0.15, -0.1) is 0 Å². The predicted molar refractivity (Wildman–Crippen MR) is 107 cm³/mol. The van der Waals surface area contributed by atoms with Crippen LogP contribution in [0.3, 0.4) is 0 Å². The molecule has 1 aliphatic heterocycles. The standard InChI is InChI=1S/C20H25BN2O6/c1-4-6-9-28-16-8-7-13(21(25)26)10-14(16)18-15(11-22)19(23)29-12(3)17(18)20(24)27-5-2/h7-8,10,18,25-26H,4-6,9,23H2,1-3H3. The van der Waals surface area contributed by atoms with Gasteiger partial charge in [0.15, 0.2) is 0 Å². The van der Waals surface area contributed by atoms with Gasteiger partial charge in [0.05, 0.1) is 24.7 Å². The van der Waals surface area contributed by atoms with Gasteiger partial charge in [-0.25, -0.2) is 4.79 Å². The van der Waals surface area contributed by atoms with Crippen molar-refractivity contribution in [2.24, 2.45) is 5.73 Å². The largest absolute Gasteiger partial charge is 0.493 e. The van der Waals surface area contributed by atoms with Crippen molar-refractivity contribution in [3.63, 3.8) is 0 Å². The number of nitriles is 1. The Bertz CT molecular complexity index is 872. The van der Waals surface area contributed by atoms with E-state index >= 15 is 0 Å². The van der Waals surface area contributed by atoms with E-state index in [1.165, 1.54) is 12.1 Å². The highest BCUT2D eigenvalue weighted by Crippen LogP contribution is 2.42. The molecule has 0 fully saturated rings. The molecule has 9 heteroatoms. The highest BCUT2D eigenvalue weighted by atomic mass is 16.5. The van der Waals surface area contributed by atoms with Crippen LogP contribution in [0.15, 0.2) is 41.0 Å². The second-order valence-corrected chi connectivity index (χ2v) is 6.49. The molecular formula is C20H25BN2O6. The Hall–Kier alpha value is -2.96. The fourth-order valence-electron chi connectivity index (χ4n) is 3.08. The fourth-order valence-corrected chi connectivity index (χ4v) is 3.08. The number of carbonyl (C=O) groups excluding carboxylic acids is 1. The topological polar surface area (TPSA) is 135 Å². The maximum atomic E-state index is 12.7. The van der Waals surface area contributed by atoms with E-state index in [2.05, 4.69) is 0 Å². The molecule has 8 nitrogen and oxygen atoms in total. The number of rotatable bonds is 8. The van der Waals surface area contributed by atoms with Gasteiger partial charge in [-0.1, -0.05) is 25.5 Å². The summed E-state index contributed by atoms with van der Waals surface area (Å²) in [6.45, 7) is 5.81. The SMILES string of the molecule is CCCCOc1ccc(B(O)O)cc1C1C(C#N)=C(N)OC(C)=C1C(=O)OCC. The summed E-state index contributed by atoms with van der Waals surface area (Å²) in [7, 11) is -1.73. The number of nitrogens with zero attached hydrogens (tertiary/aromatic N) is 1. The average Bonchev–Trinajstić information content (AvgIpc) is 2.67. The zero-order chi connectivity index (χ0) is 21.6. The third-order valence-electron chi connectivity index (χ3n) is 4.50. The van der Waals surface area contributed by atoms with Crippen LogP contribution in [0.5, 0.6) is 5.75 Å². The van der Waals surface area contributed by atoms with Gasteiger partial charge < -0.3 is 30.0 Å². The molecule has 1 heterocycles. The molecule has 0 saturated carbocycles. The number of ether oxygens (including phenoxy) is 3. The molecule has 154 valence electrons. The van der Waals surface area contributed by atoms with Gasteiger partial charge in [0.1, 0.15) is 23.2 Å². The van der Waals surface area contributed by atoms with Crippen LogP contribution in [0.25, 0.3) is 0 Å². The van der Waals surface area contributed by atoms with Crippen molar-refractivity contribution in [1.29, 1.82) is 5.26 Å². The van der Waals surface area contributed by atoms with Gasteiger partial charge in [-0.2, -0.15) is 5.26 Å². The van der Waals surface area contributed by atoms with Gasteiger partial charge in [0.25, 0.3) is 0 Å². The van der Waals surface area contributed by atoms with E-state index in [-0.39, 0.29) is 34.9 Å². The van der Waals surface area contributed by atoms with Crippen LogP contribution in [-0.4, -0.2) is 36.3 Å². The van der Waals surface area contributed by atoms with Crippen molar-refractivity contribution in [1.82, 2.24) is 0 Å². The summed E-state index contributed by atoms with van der Waals surface area (Å²) in [6, 6.07) is 6.58. The third kappa shape index (κ3) is 4.91. The molecular weight excluding hydrogens is 375 g/mol. The maximum Gasteiger partial charge on any atom is 0.488 e. The van der Waals surface area contributed by atoms with E-state index in [1.807, 2.05) is 13.0 Å². The fraction of sp³-hybridized carbons (Fsp3) is 0.400. The summed E-state index contributed by atoms with van der Waals surface area (Å²) in [6.07, 6.45) is 1.73. The normalized spacial score (nSPS) is 16.2. The van der Waals surface area contributed by atoms with Gasteiger partial charge >= 0.3 is 13.1 Å². The Morgan fingerprint density at radius 2 is 2.10 bits per heavy atom. The summed E-state index contributed by atoms with van der Waals surface area (Å²) < 4.78 is 16.4. The Balaban J connectivity index is 2.69. The smallest absolute Gasteiger partial charge is 0.488 e. The molecule has 0 saturated heterocycles. The summed E-state index contributed by atoms with van der Waals surface area (Å²) in [4.78, 5) is 12.7. The minimum atomic E-state index is -1.73. The van der Waals surface area contributed by atoms with E-state index < -0.39 is 19.0 Å². The van der Waals surface area contributed by atoms with E-state index in [9.17, 15) is 20.1 Å². The Labute approximate surface area is 170 Å². The van der Waals surface area contributed by atoms with E-state index in [0.717, 1.165) is 12.8 Å². The number of hydrogen-bond acceptors (Lipinski definition) is 8. The Morgan fingerprint density at radius 3 is 2.69 bits per heavy atom. The number of allylic oxidation sites excluding steroid dienone is 2. The molecule has 1 unspecified atom stereocenters. The monoisotopic (exact) mass is 400 g/mol. The van der Waals surface area contributed by atoms with Crippen LogP contribution < -0.4 is 15.9 Å². The second kappa shape index (κ2) is 10.0. The zero-order valence-corrected chi connectivity index (χ0v) is 16.8. The van der Waals surface area contributed by atoms with Crippen LogP contribution in [0.2, 0.25) is 0 Å². The third-order valence-corrected chi connectivity index (χ3v) is 4.50. The molecule has 0 aliphatic carbocycles. The summed E-state index contributed by atoms with van der Waals surface area (Å²) in [5.41, 5.74) is 6.64. The molecule has 1 aromatic carbocycles. The number of esters is 1. The van der Waals surface area contributed by atoms with Crippen LogP contribution in [0, 0.1) is 11.3 Å². The van der Waals surface area contributed by atoms with Crippen LogP contribution in [-0.2, 0) is 14.3 Å². The molecule has 1 atom stereocenters. The van der Waals surface area contributed by atoms with Gasteiger partial charge in [0.2, 0.25) is 5.88 Å². The second-order valence-electron chi connectivity index (χ2n) is 6.49. The van der Waals surface area contributed by atoms with Crippen LogP contribution in [0.1, 0.15) is 45.1 Å². The lowest BCUT2D eigenvalue weighted by Crippen LogP contribution is -2.32. The molecule has 0 bridgehead atoms. The van der Waals surface area contributed by atoms with Crippen molar-refractivity contribution in [2.45, 2.75) is 39.5 Å². The quantitative estimate of drug-likeness (QED) is 0.337. The highest BCUT2D eigenvalue weighted by molar-refractivity contribution is 6.58. The lowest BCUT2D eigenvalue weighted by Gasteiger charge is -2.28. The lowest BCUT2D eigenvalue weighted by molar-refractivity contribution is -0.139. The summed E-state index contributed by atoms with van der Waals surface area (Å²) >= 11 is 0. The molecule has 29 heavy (non-hydrogen) atoms. The first-order valence-electron chi connectivity index (χ1n) is 9.43. The number of hydrogen-bond donors (Lipinski definition) is 3. The predicted octanol–water partition coefficient (Wildman–Crippen LogP) is 1.19. The minimum absolute atomic E-state index is 0.0172. The Kier molecular flexibility index (Phi) is 7.70. The molecule has 1 aromatic rings. The average molecular weight is 400 g/mol. The first kappa shape index (κ1) is 22.3. The first-order chi connectivity index (χ1) is 13.8. The van der Waals surface area contributed by atoms with Crippen LogP contribution in [0.4, 0.5) is 0 Å². The zero-order valence-electron chi connectivity index (χ0n) is 16.8. The number of nitrogens with two attached hydrogens (primary N) is 1. The Morgan fingerprint density at radius 1 is 1.38 bits per heavy atom. The number of benzene rings is 1. The van der Waals surface area contributed by atoms with Crippen molar-refractivity contribution in [2.75, 3.05) is 13.2 Å². The van der Waals surface area contributed by atoms with Crippen molar-refractivity contribution in [3.8, 4) is 11.8 Å². The first-order valence-corrected chi connectivity index (χ1v) is 9.43. The number of unbranched alkanes of at least 4 members (excludes halogenated alkanes) is 1. The minimum Gasteiger partial charge on any atom is -0.493 e. The number of carbonyl (C=O) groups is 1. The van der Waals surface area contributed by atoms with Crippen molar-refractivity contribution < 1.29 is 29.1 Å². The molecule has 2 rings (SSSR count). The van der Waals surface area contributed by atoms with Gasteiger partial charge in [-0.05, 0) is 31.8 Å². The molecule has 1 aliphatic rings. The maximum absolute atomic E-state index is 12.7. The van der Waals surface area contributed by atoms with E-state index in [4.69, 9.17) is 19.9 Å². The van der Waals surface area contributed by atoms with Crippen LogP contribution >= 0.6 is 0 Å². The molecule has 0 spiro atoms. The molecule has 0 radical (unpaired) electrons. The lowest BCUT2D eigenvalue weighted by atomic mass is 9.75. The molecule has 0 aromatic heterocycles. The summed E-state index contributed by atoms with van der Waals surface area (Å²) in [5.74, 6) is -1.09. The van der Waals surface area contributed by atoms with Gasteiger partial charge in [0, 0.05) is 5.56 Å². The van der Waals surface area contributed by atoms with Crippen molar-refractivity contribution >= 4 is 18.6 Å². The summed E-state index contributed by atoms with van der Waals surface area (Å²) in [5, 5.41) is 29.0. The van der Waals surface area contributed by atoms with E-state index in [0.29, 0.717) is 17.9 Å². The van der Waals surface area contributed by atoms with Gasteiger partial charge in [-0.3, -0.25) is 0 Å².